The second kappa shape index (κ2) is 3.35. The Morgan fingerprint density at radius 2 is 2.00 bits per heavy atom. The number of methoxy groups -OCH3 is 1. The summed E-state index contributed by atoms with van der Waals surface area (Å²) >= 11 is 0. The number of fused-ring (bicyclic) bond motifs is 1. The van der Waals surface area contributed by atoms with E-state index in [0.29, 0.717) is 0 Å². The standard InChI is InChI=1S/C12H14FNO/c1-12(2,15-3)11-6-8-4-5-9(13)7-10(8)14-11/h4-7,14H,1-3H3. The number of H-pyrrole nitrogens is 1. The summed E-state index contributed by atoms with van der Waals surface area (Å²) < 4.78 is 18.3. The molecule has 80 valence electrons. The zero-order chi connectivity index (χ0) is 11.1. The molecule has 0 aliphatic heterocycles. The Morgan fingerprint density at radius 3 is 2.67 bits per heavy atom. The van der Waals surface area contributed by atoms with Crippen molar-refractivity contribution in [1.29, 1.82) is 0 Å². The van der Waals surface area contributed by atoms with Crippen molar-refractivity contribution >= 4 is 10.9 Å². The van der Waals surface area contributed by atoms with E-state index >= 15 is 0 Å². The molecule has 0 spiro atoms. The molecule has 0 aliphatic rings. The van der Waals surface area contributed by atoms with Crippen LogP contribution in [0.5, 0.6) is 0 Å². The van der Waals surface area contributed by atoms with E-state index in [4.69, 9.17) is 4.74 Å². The summed E-state index contributed by atoms with van der Waals surface area (Å²) in [5.41, 5.74) is 1.37. The number of hydrogen-bond acceptors (Lipinski definition) is 1. The fourth-order valence-corrected chi connectivity index (χ4v) is 1.53. The molecule has 15 heavy (non-hydrogen) atoms. The molecule has 0 unspecified atom stereocenters. The predicted octanol–water partition coefficient (Wildman–Crippen LogP) is 3.19. The van der Waals surface area contributed by atoms with Crippen LogP contribution in [0.15, 0.2) is 24.3 Å². The number of nitrogens with one attached hydrogen (secondary N) is 1. The average Bonchev–Trinajstić information content (AvgIpc) is 2.61. The Balaban J connectivity index is 2.56. The number of hydrogen-bond donors (Lipinski definition) is 1. The fraction of sp³-hybridized carbons (Fsp3) is 0.333. The first kappa shape index (κ1) is 10.2. The molecule has 2 nitrogen and oxygen atoms in total. The average molecular weight is 207 g/mol. The molecule has 0 aliphatic carbocycles. The van der Waals surface area contributed by atoms with Crippen LogP contribution >= 0.6 is 0 Å². The number of ether oxygens (including phenoxy) is 1. The Hall–Kier alpha value is -1.35. The van der Waals surface area contributed by atoms with Gasteiger partial charge in [-0.05, 0) is 43.5 Å². The number of benzene rings is 1. The van der Waals surface area contributed by atoms with Gasteiger partial charge in [-0.15, -0.1) is 0 Å². The molecule has 0 bridgehead atoms. The van der Waals surface area contributed by atoms with Gasteiger partial charge in [0.05, 0.1) is 0 Å². The second-order valence-electron chi connectivity index (χ2n) is 4.13. The molecule has 2 aromatic rings. The molecule has 0 saturated heterocycles. The van der Waals surface area contributed by atoms with Crippen LogP contribution in [0.1, 0.15) is 19.5 Å². The first-order valence-corrected chi connectivity index (χ1v) is 4.87. The highest BCUT2D eigenvalue weighted by Gasteiger charge is 2.21. The predicted molar refractivity (Wildman–Crippen MR) is 58.3 cm³/mol. The molecule has 0 saturated carbocycles. The van der Waals surface area contributed by atoms with E-state index in [9.17, 15) is 4.39 Å². The molecule has 0 amide bonds. The SMILES string of the molecule is COC(C)(C)c1cc2ccc(F)cc2[nH]1. The van der Waals surface area contributed by atoms with Crippen LogP contribution in [0, 0.1) is 5.82 Å². The Bertz CT molecular complexity index is 487. The molecular formula is C12H14FNO. The zero-order valence-corrected chi connectivity index (χ0v) is 9.10. The van der Waals surface area contributed by atoms with Gasteiger partial charge < -0.3 is 9.72 Å². The highest BCUT2D eigenvalue weighted by molar-refractivity contribution is 5.80. The lowest BCUT2D eigenvalue weighted by Gasteiger charge is -2.21. The van der Waals surface area contributed by atoms with E-state index < -0.39 is 0 Å². The number of aromatic nitrogens is 1. The lowest BCUT2D eigenvalue weighted by molar-refractivity contribution is 0.0161. The molecule has 1 N–H and O–H groups in total. The quantitative estimate of drug-likeness (QED) is 0.803. The van der Waals surface area contributed by atoms with Crippen molar-refractivity contribution in [2.45, 2.75) is 19.4 Å². The summed E-state index contributed by atoms with van der Waals surface area (Å²) in [6.07, 6.45) is 0. The van der Waals surface area contributed by atoms with E-state index in [0.717, 1.165) is 16.6 Å². The summed E-state index contributed by atoms with van der Waals surface area (Å²) in [6, 6.07) is 6.69. The smallest absolute Gasteiger partial charge is 0.125 e. The van der Waals surface area contributed by atoms with Crippen molar-refractivity contribution in [1.82, 2.24) is 4.98 Å². The molecule has 1 heterocycles. The van der Waals surface area contributed by atoms with Crippen molar-refractivity contribution in [2.24, 2.45) is 0 Å². The van der Waals surface area contributed by atoms with Crippen LogP contribution in [0.25, 0.3) is 10.9 Å². The zero-order valence-electron chi connectivity index (χ0n) is 9.10. The van der Waals surface area contributed by atoms with Crippen molar-refractivity contribution in [2.75, 3.05) is 7.11 Å². The van der Waals surface area contributed by atoms with Gasteiger partial charge in [-0.2, -0.15) is 0 Å². The van der Waals surface area contributed by atoms with E-state index in [1.165, 1.54) is 12.1 Å². The maximum absolute atomic E-state index is 13.0. The van der Waals surface area contributed by atoms with Gasteiger partial charge in [0.2, 0.25) is 0 Å². The normalized spacial score (nSPS) is 12.3. The van der Waals surface area contributed by atoms with E-state index in [-0.39, 0.29) is 11.4 Å². The molecule has 0 fully saturated rings. The minimum atomic E-state index is -0.379. The van der Waals surface area contributed by atoms with Gasteiger partial charge in [0.25, 0.3) is 0 Å². The summed E-state index contributed by atoms with van der Waals surface area (Å²) in [5, 5.41) is 0.997. The summed E-state index contributed by atoms with van der Waals surface area (Å²) in [4.78, 5) is 3.16. The van der Waals surface area contributed by atoms with Gasteiger partial charge in [0.1, 0.15) is 11.4 Å². The van der Waals surface area contributed by atoms with E-state index in [1.807, 2.05) is 19.9 Å². The second-order valence-corrected chi connectivity index (χ2v) is 4.13. The van der Waals surface area contributed by atoms with Crippen molar-refractivity contribution in [3.63, 3.8) is 0 Å². The molecule has 1 aromatic carbocycles. The molecule has 1 aromatic heterocycles. The van der Waals surface area contributed by atoms with Gasteiger partial charge in [-0.3, -0.25) is 0 Å². The molecule has 0 radical (unpaired) electrons. The summed E-state index contributed by atoms with van der Waals surface area (Å²) in [6.45, 7) is 3.93. The Labute approximate surface area is 88.1 Å². The van der Waals surface area contributed by atoms with E-state index in [1.54, 1.807) is 13.2 Å². The molecule has 2 rings (SSSR count). The van der Waals surface area contributed by atoms with Crippen molar-refractivity contribution in [3.05, 3.63) is 35.8 Å². The van der Waals surface area contributed by atoms with Gasteiger partial charge in [-0.1, -0.05) is 0 Å². The number of halogens is 1. The third-order valence-electron chi connectivity index (χ3n) is 2.74. The Morgan fingerprint density at radius 1 is 1.27 bits per heavy atom. The van der Waals surface area contributed by atoms with Gasteiger partial charge in [0.15, 0.2) is 0 Å². The van der Waals surface area contributed by atoms with Gasteiger partial charge >= 0.3 is 0 Å². The van der Waals surface area contributed by atoms with Gasteiger partial charge in [0, 0.05) is 18.3 Å². The summed E-state index contributed by atoms with van der Waals surface area (Å²) in [5.74, 6) is -0.230. The van der Waals surface area contributed by atoms with E-state index in [2.05, 4.69) is 4.98 Å². The topological polar surface area (TPSA) is 25.0 Å². The first-order valence-electron chi connectivity index (χ1n) is 4.87. The monoisotopic (exact) mass is 207 g/mol. The van der Waals surface area contributed by atoms with Crippen LogP contribution in [0.4, 0.5) is 4.39 Å². The van der Waals surface area contributed by atoms with Crippen LogP contribution in [0.2, 0.25) is 0 Å². The molecule has 0 atom stereocenters. The maximum atomic E-state index is 13.0. The van der Waals surface area contributed by atoms with Crippen LogP contribution < -0.4 is 0 Å². The van der Waals surface area contributed by atoms with Crippen LogP contribution in [-0.4, -0.2) is 12.1 Å². The third kappa shape index (κ3) is 1.75. The van der Waals surface area contributed by atoms with Crippen molar-refractivity contribution in [3.8, 4) is 0 Å². The fourth-order valence-electron chi connectivity index (χ4n) is 1.53. The third-order valence-corrected chi connectivity index (χ3v) is 2.74. The van der Waals surface area contributed by atoms with Gasteiger partial charge in [-0.25, -0.2) is 4.39 Å². The lowest BCUT2D eigenvalue weighted by Crippen LogP contribution is -2.19. The number of rotatable bonds is 2. The van der Waals surface area contributed by atoms with Crippen LogP contribution in [-0.2, 0) is 10.3 Å². The molecular weight excluding hydrogens is 193 g/mol. The summed E-state index contributed by atoms with van der Waals surface area (Å²) in [7, 11) is 1.66. The highest BCUT2D eigenvalue weighted by atomic mass is 19.1. The highest BCUT2D eigenvalue weighted by Crippen LogP contribution is 2.26. The number of aromatic amines is 1. The maximum Gasteiger partial charge on any atom is 0.125 e. The van der Waals surface area contributed by atoms with Crippen LogP contribution in [0.3, 0.4) is 0 Å². The minimum absolute atomic E-state index is 0.230. The Kier molecular flexibility index (Phi) is 2.27. The molecule has 3 heteroatoms. The lowest BCUT2D eigenvalue weighted by atomic mass is 10.1. The first-order chi connectivity index (χ1) is 7.03. The minimum Gasteiger partial charge on any atom is -0.373 e. The van der Waals surface area contributed by atoms with Crippen molar-refractivity contribution < 1.29 is 9.13 Å². The largest absolute Gasteiger partial charge is 0.373 e.